The Balaban J connectivity index is 2.31. The van der Waals surface area contributed by atoms with Crippen LogP contribution in [0, 0.1) is 11.8 Å². The third kappa shape index (κ3) is 7.59. The molecule has 1 aromatic carbocycles. The predicted molar refractivity (Wildman–Crippen MR) is 94.7 cm³/mol. The van der Waals surface area contributed by atoms with Crippen molar-refractivity contribution in [3.05, 3.63) is 34.3 Å². The minimum absolute atomic E-state index is 0.104. The van der Waals surface area contributed by atoms with Gasteiger partial charge in [-0.2, -0.15) is 0 Å². The molecule has 0 aliphatic rings. The van der Waals surface area contributed by atoms with Crippen molar-refractivity contribution in [1.82, 2.24) is 10.6 Å². The van der Waals surface area contributed by atoms with Crippen LogP contribution in [-0.2, 0) is 9.59 Å². The molecule has 1 atom stereocenters. The van der Waals surface area contributed by atoms with E-state index in [1.165, 1.54) is 0 Å². The van der Waals surface area contributed by atoms with Gasteiger partial charge in [-0.05, 0) is 36.6 Å². The van der Waals surface area contributed by atoms with Crippen LogP contribution in [0.1, 0.15) is 37.0 Å². The SMILES string of the molecule is CC(C)CC(CNC(=O)CCNC(=O)c1ccc(Br)cc1)C(=O)O. The van der Waals surface area contributed by atoms with Crippen molar-refractivity contribution in [2.45, 2.75) is 26.7 Å². The summed E-state index contributed by atoms with van der Waals surface area (Å²) >= 11 is 3.29. The van der Waals surface area contributed by atoms with E-state index < -0.39 is 11.9 Å². The Labute approximate surface area is 150 Å². The van der Waals surface area contributed by atoms with Gasteiger partial charge < -0.3 is 15.7 Å². The standard InChI is InChI=1S/C17H23BrN2O4/c1-11(2)9-13(17(23)24)10-20-15(21)7-8-19-16(22)12-3-5-14(18)6-4-12/h3-6,11,13H,7-10H2,1-2H3,(H,19,22)(H,20,21)(H,23,24). The number of carboxylic acid groups (broad SMARTS) is 1. The number of amides is 2. The predicted octanol–water partition coefficient (Wildman–Crippen LogP) is 2.43. The summed E-state index contributed by atoms with van der Waals surface area (Å²) in [5, 5.41) is 14.4. The molecule has 2 amide bonds. The number of hydrogen-bond donors (Lipinski definition) is 3. The minimum Gasteiger partial charge on any atom is -0.481 e. The summed E-state index contributed by atoms with van der Waals surface area (Å²) in [6.07, 6.45) is 0.617. The first-order chi connectivity index (χ1) is 11.3. The molecule has 0 spiro atoms. The molecule has 0 saturated heterocycles. The van der Waals surface area contributed by atoms with Crippen LogP contribution in [0.15, 0.2) is 28.7 Å². The Kier molecular flexibility index (Phi) is 8.46. The third-order valence-electron chi connectivity index (χ3n) is 3.39. The molecule has 0 heterocycles. The summed E-state index contributed by atoms with van der Waals surface area (Å²) < 4.78 is 0.882. The van der Waals surface area contributed by atoms with Crippen molar-refractivity contribution in [2.24, 2.45) is 11.8 Å². The van der Waals surface area contributed by atoms with Gasteiger partial charge in [-0.25, -0.2) is 0 Å². The molecule has 132 valence electrons. The quantitative estimate of drug-likeness (QED) is 0.595. The highest BCUT2D eigenvalue weighted by Gasteiger charge is 2.19. The fourth-order valence-electron chi connectivity index (χ4n) is 2.16. The lowest BCUT2D eigenvalue weighted by molar-refractivity contribution is -0.142. The molecule has 1 rings (SSSR count). The number of carboxylic acids is 1. The van der Waals surface area contributed by atoms with Crippen molar-refractivity contribution in [3.8, 4) is 0 Å². The van der Waals surface area contributed by atoms with Crippen LogP contribution >= 0.6 is 15.9 Å². The lowest BCUT2D eigenvalue weighted by atomic mass is 9.97. The molecule has 1 aromatic rings. The van der Waals surface area contributed by atoms with E-state index in [1.54, 1.807) is 24.3 Å². The Bertz CT molecular complexity index is 572. The number of nitrogens with one attached hydrogen (secondary N) is 2. The number of aliphatic carboxylic acids is 1. The first kappa shape index (κ1) is 20.2. The molecule has 0 bridgehead atoms. The molecule has 0 aliphatic heterocycles. The molecule has 1 unspecified atom stereocenters. The number of halogens is 1. The molecule has 0 aromatic heterocycles. The number of benzene rings is 1. The lowest BCUT2D eigenvalue weighted by Crippen LogP contribution is -2.35. The van der Waals surface area contributed by atoms with Crippen LogP contribution < -0.4 is 10.6 Å². The van der Waals surface area contributed by atoms with Gasteiger partial charge in [-0.1, -0.05) is 29.8 Å². The Morgan fingerprint density at radius 2 is 1.75 bits per heavy atom. The van der Waals surface area contributed by atoms with E-state index in [0.29, 0.717) is 12.0 Å². The van der Waals surface area contributed by atoms with Crippen LogP contribution in [0.4, 0.5) is 0 Å². The van der Waals surface area contributed by atoms with Gasteiger partial charge in [-0.3, -0.25) is 14.4 Å². The first-order valence-electron chi connectivity index (χ1n) is 7.83. The number of rotatable bonds is 9. The minimum atomic E-state index is -0.910. The monoisotopic (exact) mass is 398 g/mol. The topological polar surface area (TPSA) is 95.5 Å². The number of hydrogen-bond acceptors (Lipinski definition) is 3. The molecule has 0 saturated carbocycles. The number of carbonyl (C=O) groups is 3. The fourth-order valence-corrected chi connectivity index (χ4v) is 2.42. The molecule has 0 aliphatic carbocycles. The Morgan fingerprint density at radius 3 is 2.29 bits per heavy atom. The van der Waals surface area contributed by atoms with Gasteiger partial charge in [0.05, 0.1) is 5.92 Å². The van der Waals surface area contributed by atoms with Crippen LogP contribution in [0.25, 0.3) is 0 Å². The van der Waals surface area contributed by atoms with E-state index in [1.807, 2.05) is 13.8 Å². The highest BCUT2D eigenvalue weighted by atomic mass is 79.9. The molecule has 24 heavy (non-hydrogen) atoms. The number of carbonyl (C=O) groups excluding carboxylic acids is 2. The summed E-state index contributed by atoms with van der Waals surface area (Å²) in [5.41, 5.74) is 0.515. The highest BCUT2D eigenvalue weighted by Crippen LogP contribution is 2.11. The van der Waals surface area contributed by atoms with Crippen LogP contribution in [-0.4, -0.2) is 36.0 Å². The average molecular weight is 399 g/mol. The highest BCUT2D eigenvalue weighted by molar-refractivity contribution is 9.10. The summed E-state index contributed by atoms with van der Waals surface area (Å²) in [7, 11) is 0. The van der Waals surface area contributed by atoms with Gasteiger partial charge in [-0.15, -0.1) is 0 Å². The van der Waals surface area contributed by atoms with E-state index in [4.69, 9.17) is 5.11 Å². The molecule has 6 nitrogen and oxygen atoms in total. The smallest absolute Gasteiger partial charge is 0.308 e. The largest absolute Gasteiger partial charge is 0.481 e. The summed E-state index contributed by atoms with van der Waals surface area (Å²) in [5.74, 6) is -1.79. The first-order valence-corrected chi connectivity index (χ1v) is 8.62. The maximum absolute atomic E-state index is 11.9. The van der Waals surface area contributed by atoms with E-state index in [-0.39, 0.29) is 37.2 Å². The Hall–Kier alpha value is -1.89. The molecule has 3 N–H and O–H groups in total. The second-order valence-electron chi connectivity index (χ2n) is 5.98. The van der Waals surface area contributed by atoms with Gasteiger partial charge in [0.15, 0.2) is 0 Å². The van der Waals surface area contributed by atoms with Crippen LogP contribution in [0.5, 0.6) is 0 Å². The van der Waals surface area contributed by atoms with E-state index in [9.17, 15) is 14.4 Å². The molecule has 7 heteroatoms. The zero-order valence-corrected chi connectivity index (χ0v) is 15.4. The third-order valence-corrected chi connectivity index (χ3v) is 3.92. The fraction of sp³-hybridized carbons (Fsp3) is 0.471. The van der Waals surface area contributed by atoms with Crippen molar-refractivity contribution >= 4 is 33.7 Å². The average Bonchev–Trinajstić information content (AvgIpc) is 2.51. The molecule has 0 radical (unpaired) electrons. The van der Waals surface area contributed by atoms with E-state index >= 15 is 0 Å². The normalized spacial score (nSPS) is 11.8. The van der Waals surface area contributed by atoms with E-state index in [0.717, 1.165) is 4.47 Å². The van der Waals surface area contributed by atoms with E-state index in [2.05, 4.69) is 26.6 Å². The second-order valence-corrected chi connectivity index (χ2v) is 6.90. The maximum Gasteiger partial charge on any atom is 0.308 e. The summed E-state index contributed by atoms with van der Waals surface area (Å²) in [4.78, 5) is 34.8. The van der Waals surface area contributed by atoms with Gasteiger partial charge >= 0.3 is 5.97 Å². The Morgan fingerprint density at radius 1 is 1.12 bits per heavy atom. The molecule has 0 fully saturated rings. The van der Waals surface area contributed by atoms with Gasteiger partial charge in [0.2, 0.25) is 5.91 Å². The van der Waals surface area contributed by atoms with Crippen molar-refractivity contribution < 1.29 is 19.5 Å². The van der Waals surface area contributed by atoms with Crippen LogP contribution in [0.3, 0.4) is 0 Å². The second kappa shape index (κ2) is 10.1. The summed E-state index contributed by atoms with van der Waals surface area (Å²) in [6.45, 7) is 4.18. The summed E-state index contributed by atoms with van der Waals surface area (Å²) in [6, 6.07) is 6.90. The molecular formula is C17H23BrN2O4. The van der Waals surface area contributed by atoms with Gasteiger partial charge in [0, 0.05) is 29.5 Å². The lowest BCUT2D eigenvalue weighted by Gasteiger charge is -2.15. The van der Waals surface area contributed by atoms with Crippen molar-refractivity contribution in [3.63, 3.8) is 0 Å². The van der Waals surface area contributed by atoms with Crippen molar-refractivity contribution in [2.75, 3.05) is 13.1 Å². The van der Waals surface area contributed by atoms with Gasteiger partial charge in [0.25, 0.3) is 5.91 Å². The van der Waals surface area contributed by atoms with Crippen molar-refractivity contribution in [1.29, 1.82) is 0 Å². The maximum atomic E-state index is 11.9. The van der Waals surface area contributed by atoms with Gasteiger partial charge in [0.1, 0.15) is 0 Å². The zero-order valence-electron chi connectivity index (χ0n) is 13.8. The molecular weight excluding hydrogens is 376 g/mol. The zero-order chi connectivity index (χ0) is 18.1. The van der Waals surface area contributed by atoms with Crippen LogP contribution in [0.2, 0.25) is 0 Å².